The lowest BCUT2D eigenvalue weighted by molar-refractivity contribution is -0.126. The Morgan fingerprint density at radius 1 is 1.36 bits per heavy atom. The lowest BCUT2D eigenvalue weighted by Gasteiger charge is -2.07. The quantitative estimate of drug-likeness (QED) is 0.587. The Labute approximate surface area is 130 Å². The largest absolute Gasteiger partial charge is 0.488 e. The summed E-state index contributed by atoms with van der Waals surface area (Å²) in [6.45, 7) is 3.61. The fraction of sp³-hybridized carbons (Fsp3) is 0.462. The molecule has 22 heavy (non-hydrogen) atoms. The molecule has 2 amide bonds. The first kappa shape index (κ1) is 17.9. The summed E-state index contributed by atoms with van der Waals surface area (Å²) in [6.07, 6.45) is 2.20. The molecule has 0 bridgehead atoms. The molecule has 122 valence electrons. The Bertz CT molecular complexity index is 614. The Hall–Kier alpha value is -2.16. The van der Waals surface area contributed by atoms with Gasteiger partial charge in [-0.05, 0) is 6.42 Å². The molecule has 8 nitrogen and oxygen atoms in total. The summed E-state index contributed by atoms with van der Waals surface area (Å²) in [5.74, 6) is -1.04. The number of hydrogen-bond acceptors (Lipinski definition) is 5. The van der Waals surface area contributed by atoms with Crippen LogP contribution in [0.2, 0.25) is 0 Å². The van der Waals surface area contributed by atoms with Gasteiger partial charge in [0.05, 0.1) is 12.4 Å². The first-order valence-corrected chi connectivity index (χ1v) is 8.16. The van der Waals surface area contributed by atoms with Gasteiger partial charge in [-0.25, -0.2) is 0 Å². The molecule has 0 spiro atoms. The lowest BCUT2D eigenvalue weighted by Crippen LogP contribution is -2.42. The van der Waals surface area contributed by atoms with Gasteiger partial charge in [0.1, 0.15) is 5.75 Å². The number of ether oxygens (including phenoxy) is 1. The highest BCUT2D eigenvalue weighted by Crippen LogP contribution is 2.04. The molecule has 1 unspecified atom stereocenters. The van der Waals surface area contributed by atoms with E-state index in [9.17, 15) is 18.6 Å². The van der Waals surface area contributed by atoms with E-state index in [1.54, 1.807) is 0 Å². The highest BCUT2D eigenvalue weighted by atomic mass is 32.2. The Kier molecular flexibility index (Phi) is 7.30. The molecule has 9 heteroatoms. The van der Waals surface area contributed by atoms with Crippen molar-refractivity contribution in [2.24, 2.45) is 0 Å². The average molecular weight is 329 g/mol. The zero-order valence-electron chi connectivity index (χ0n) is 12.4. The van der Waals surface area contributed by atoms with E-state index in [2.05, 4.69) is 15.8 Å². The Morgan fingerprint density at radius 3 is 2.68 bits per heavy atom. The average Bonchev–Trinajstić information content (AvgIpc) is 2.44. The third-order valence-corrected chi connectivity index (χ3v) is 3.60. The molecule has 1 atom stereocenters. The molecule has 0 radical (unpaired) electrons. The maximum atomic E-state index is 11.8. The molecular formula is C13H19N3O5S. The summed E-state index contributed by atoms with van der Waals surface area (Å²) in [4.78, 5) is 36.6. The zero-order valence-corrected chi connectivity index (χ0v) is 13.2. The fourth-order valence-electron chi connectivity index (χ4n) is 1.47. The summed E-state index contributed by atoms with van der Waals surface area (Å²) in [5.41, 5.74) is 4.36. The second kappa shape index (κ2) is 8.98. The molecule has 0 aromatic carbocycles. The van der Waals surface area contributed by atoms with Gasteiger partial charge in [0.2, 0.25) is 11.3 Å². The van der Waals surface area contributed by atoms with E-state index < -0.39 is 22.6 Å². The van der Waals surface area contributed by atoms with Crippen molar-refractivity contribution in [1.82, 2.24) is 15.8 Å². The number of aromatic amines is 1. The van der Waals surface area contributed by atoms with Crippen molar-refractivity contribution >= 4 is 22.6 Å². The van der Waals surface area contributed by atoms with E-state index >= 15 is 0 Å². The van der Waals surface area contributed by atoms with Gasteiger partial charge in [0, 0.05) is 35.7 Å². The highest BCUT2D eigenvalue weighted by molar-refractivity contribution is 7.84. The molecule has 0 aliphatic rings. The van der Waals surface area contributed by atoms with Crippen molar-refractivity contribution in [2.45, 2.75) is 26.0 Å². The first-order chi connectivity index (χ1) is 10.4. The SMILES string of the molecule is CCCOc1c[nH]c(CS(=O)CC(=O)NNC(C)=O)cc1=O. The van der Waals surface area contributed by atoms with E-state index in [1.807, 2.05) is 6.92 Å². The molecule has 1 rings (SSSR count). The van der Waals surface area contributed by atoms with Gasteiger partial charge in [-0.15, -0.1) is 0 Å². The second-order valence-corrected chi connectivity index (χ2v) is 5.95. The van der Waals surface area contributed by atoms with Crippen LogP contribution in [0, 0.1) is 0 Å². The molecule has 0 fully saturated rings. The standard InChI is InChI=1S/C13H19N3O5S/c1-3-4-21-12-6-14-10(5-11(12)18)7-22(20)8-13(19)16-15-9(2)17/h5-6H,3-4,7-8H2,1-2H3,(H,14,18)(H,15,17)(H,16,19). The number of H-pyrrole nitrogens is 1. The normalized spacial score (nSPS) is 11.5. The molecule has 0 aliphatic carbocycles. The maximum absolute atomic E-state index is 11.8. The van der Waals surface area contributed by atoms with Gasteiger partial charge >= 0.3 is 0 Å². The van der Waals surface area contributed by atoms with Crippen molar-refractivity contribution in [3.05, 3.63) is 28.2 Å². The molecule has 3 N–H and O–H groups in total. The number of carbonyl (C=O) groups excluding carboxylic acids is 2. The summed E-state index contributed by atoms with van der Waals surface area (Å²) < 4.78 is 17.1. The maximum Gasteiger partial charge on any atom is 0.251 e. The number of hydrazine groups is 1. The van der Waals surface area contributed by atoms with Crippen LogP contribution in [-0.4, -0.2) is 33.4 Å². The third kappa shape index (κ3) is 6.53. The first-order valence-electron chi connectivity index (χ1n) is 6.67. The molecule has 1 heterocycles. The second-order valence-electron chi connectivity index (χ2n) is 4.49. The van der Waals surface area contributed by atoms with Gasteiger partial charge in [-0.1, -0.05) is 6.92 Å². The van der Waals surface area contributed by atoms with Crippen LogP contribution >= 0.6 is 0 Å². The van der Waals surface area contributed by atoms with Crippen molar-refractivity contribution in [3.63, 3.8) is 0 Å². The van der Waals surface area contributed by atoms with Crippen LogP contribution in [0.3, 0.4) is 0 Å². The van der Waals surface area contributed by atoms with Gasteiger partial charge < -0.3 is 9.72 Å². The summed E-state index contributed by atoms with van der Waals surface area (Å²) in [5, 5.41) is 0. The van der Waals surface area contributed by atoms with Crippen LogP contribution in [-0.2, 0) is 26.1 Å². The minimum Gasteiger partial charge on any atom is -0.488 e. The van der Waals surface area contributed by atoms with Crippen molar-refractivity contribution in [3.8, 4) is 5.75 Å². The monoisotopic (exact) mass is 329 g/mol. The van der Waals surface area contributed by atoms with E-state index in [4.69, 9.17) is 4.74 Å². The highest BCUT2D eigenvalue weighted by Gasteiger charge is 2.10. The van der Waals surface area contributed by atoms with Gasteiger partial charge in [0.15, 0.2) is 5.75 Å². The van der Waals surface area contributed by atoms with Crippen LogP contribution in [0.1, 0.15) is 26.0 Å². The van der Waals surface area contributed by atoms with Crippen molar-refractivity contribution in [1.29, 1.82) is 0 Å². The summed E-state index contributed by atoms with van der Waals surface area (Å²) in [6, 6.07) is 1.30. The lowest BCUT2D eigenvalue weighted by atomic mass is 10.3. The van der Waals surface area contributed by atoms with Crippen LogP contribution in [0.15, 0.2) is 17.1 Å². The predicted octanol–water partition coefficient (Wildman–Crippen LogP) is -0.420. The van der Waals surface area contributed by atoms with E-state index in [1.165, 1.54) is 19.2 Å². The topological polar surface area (TPSA) is 117 Å². The van der Waals surface area contributed by atoms with Crippen molar-refractivity contribution in [2.75, 3.05) is 12.4 Å². The summed E-state index contributed by atoms with van der Waals surface area (Å²) >= 11 is 0. The predicted molar refractivity (Wildman–Crippen MR) is 81.5 cm³/mol. The Balaban J connectivity index is 2.54. The molecule has 0 aliphatic heterocycles. The Morgan fingerprint density at radius 2 is 2.09 bits per heavy atom. The number of carbonyl (C=O) groups is 2. The van der Waals surface area contributed by atoms with Gasteiger partial charge in [-0.3, -0.25) is 29.4 Å². The third-order valence-electron chi connectivity index (χ3n) is 2.39. The van der Waals surface area contributed by atoms with E-state index in [-0.39, 0.29) is 22.7 Å². The molecule has 0 saturated heterocycles. The number of rotatable bonds is 7. The molecule has 0 saturated carbocycles. The molecule has 1 aromatic heterocycles. The number of pyridine rings is 1. The number of amides is 2. The zero-order chi connectivity index (χ0) is 16.5. The molecule has 1 aromatic rings. The number of nitrogens with one attached hydrogen (secondary N) is 3. The van der Waals surface area contributed by atoms with Crippen LogP contribution in [0.5, 0.6) is 5.75 Å². The molecular weight excluding hydrogens is 310 g/mol. The summed E-state index contributed by atoms with van der Waals surface area (Å²) in [7, 11) is -1.51. The van der Waals surface area contributed by atoms with Gasteiger partial charge in [-0.2, -0.15) is 0 Å². The van der Waals surface area contributed by atoms with Crippen LogP contribution < -0.4 is 21.0 Å². The van der Waals surface area contributed by atoms with Crippen molar-refractivity contribution < 1.29 is 18.5 Å². The van der Waals surface area contributed by atoms with E-state index in [0.29, 0.717) is 12.3 Å². The van der Waals surface area contributed by atoms with E-state index in [0.717, 1.165) is 6.42 Å². The smallest absolute Gasteiger partial charge is 0.251 e. The number of aromatic nitrogens is 1. The van der Waals surface area contributed by atoms with Crippen LogP contribution in [0.25, 0.3) is 0 Å². The van der Waals surface area contributed by atoms with Gasteiger partial charge in [0.25, 0.3) is 5.91 Å². The fourth-order valence-corrected chi connectivity index (χ4v) is 2.45. The minimum atomic E-state index is -1.51. The van der Waals surface area contributed by atoms with Crippen LogP contribution in [0.4, 0.5) is 0 Å². The minimum absolute atomic E-state index is 0.0246. The number of hydrogen-bond donors (Lipinski definition) is 3.